The van der Waals surface area contributed by atoms with Gasteiger partial charge in [0.15, 0.2) is 11.2 Å². The molecule has 0 aromatic carbocycles. The summed E-state index contributed by atoms with van der Waals surface area (Å²) in [5.41, 5.74) is 5.70. The van der Waals surface area contributed by atoms with Gasteiger partial charge in [0.1, 0.15) is 6.79 Å². The third-order valence-electron chi connectivity index (χ3n) is 2.06. The van der Waals surface area contributed by atoms with Crippen LogP contribution in [0.1, 0.15) is 0 Å². The number of nitrogens with zero attached hydrogens (tertiary/aromatic N) is 3. The zero-order chi connectivity index (χ0) is 11.5. The molecule has 8 heteroatoms. The summed E-state index contributed by atoms with van der Waals surface area (Å²) in [6.45, 7) is 0.395. The molecule has 2 aromatic heterocycles. The second-order valence-electron chi connectivity index (χ2n) is 3.10. The Labute approximate surface area is 89.7 Å². The van der Waals surface area contributed by atoms with Crippen molar-refractivity contribution < 1.29 is 9.84 Å². The Morgan fingerprint density at radius 1 is 1.62 bits per heavy atom. The van der Waals surface area contributed by atoms with Gasteiger partial charge in [-0.15, -0.1) is 0 Å². The van der Waals surface area contributed by atoms with E-state index in [9.17, 15) is 4.79 Å². The lowest BCUT2D eigenvalue weighted by molar-refractivity contribution is -0.00432. The summed E-state index contributed by atoms with van der Waals surface area (Å²) >= 11 is 0. The van der Waals surface area contributed by atoms with Crippen LogP contribution in [0.5, 0.6) is 0 Å². The highest BCUT2D eigenvalue weighted by molar-refractivity contribution is 5.70. The third kappa shape index (κ3) is 1.88. The molecule has 0 fully saturated rings. The number of fused-ring (bicyclic) bond motifs is 1. The van der Waals surface area contributed by atoms with E-state index in [0.717, 1.165) is 0 Å². The number of imidazole rings is 1. The Bertz CT molecular complexity index is 546. The van der Waals surface area contributed by atoms with Crippen molar-refractivity contribution in [3.05, 3.63) is 16.7 Å². The van der Waals surface area contributed by atoms with E-state index in [-0.39, 0.29) is 23.8 Å². The summed E-state index contributed by atoms with van der Waals surface area (Å²) < 4.78 is 6.41. The van der Waals surface area contributed by atoms with Crippen molar-refractivity contribution in [3.63, 3.8) is 0 Å². The fraction of sp³-hybridized carbons (Fsp3) is 0.375. The van der Waals surface area contributed by atoms with Crippen LogP contribution in [-0.4, -0.2) is 38.0 Å². The number of ether oxygens (including phenoxy) is 1. The van der Waals surface area contributed by atoms with Crippen LogP contribution in [0.4, 0.5) is 5.95 Å². The van der Waals surface area contributed by atoms with Gasteiger partial charge in [-0.05, 0) is 0 Å². The first-order valence-electron chi connectivity index (χ1n) is 4.61. The maximum atomic E-state index is 11.4. The van der Waals surface area contributed by atoms with Crippen molar-refractivity contribution in [2.45, 2.75) is 6.54 Å². The zero-order valence-corrected chi connectivity index (χ0v) is 8.38. The molecule has 2 aromatic rings. The lowest BCUT2D eigenvalue weighted by atomic mass is 10.5. The minimum atomic E-state index is -0.371. The SMILES string of the molecule is Nc1nc2c(ncn2CCOCO)c(=O)[nH]1. The fourth-order valence-electron chi connectivity index (χ4n) is 1.36. The number of hydrogen-bond acceptors (Lipinski definition) is 6. The second-order valence-corrected chi connectivity index (χ2v) is 3.10. The Morgan fingerprint density at radius 2 is 2.44 bits per heavy atom. The van der Waals surface area contributed by atoms with Crippen molar-refractivity contribution in [3.8, 4) is 0 Å². The summed E-state index contributed by atoms with van der Waals surface area (Å²) in [5.74, 6) is 0.0438. The van der Waals surface area contributed by atoms with Crippen molar-refractivity contribution in [1.82, 2.24) is 19.5 Å². The van der Waals surface area contributed by atoms with Gasteiger partial charge in [0, 0.05) is 6.54 Å². The maximum Gasteiger partial charge on any atom is 0.280 e. The third-order valence-corrected chi connectivity index (χ3v) is 2.06. The Balaban J connectivity index is 2.36. The van der Waals surface area contributed by atoms with Gasteiger partial charge in [0.2, 0.25) is 5.95 Å². The molecule has 0 unspecified atom stereocenters. The highest BCUT2D eigenvalue weighted by atomic mass is 16.6. The first kappa shape index (κ1) is 10.6. The lowest BCUT2D eigenvalue weighted by Crippen LogP contribution is -2.13. The molecule has 2 rings (SSSR count). The van der Waals surface area contributed by atoms with E-state index >= 15 is 0 Å². The zero-order valence-electron chi connectivity index (χ0n) is 8.38. The van der Waals surface area contributed by atoms with Crippen molar-refractivity contribution in [2.75, 3.05) is 19.1 Å². The van der Waals surface area contributed by atoms with Crippen LogP contribution in [0, 0.1) is 0 Å². The molecule has 0 aliphatic carbocycles. The van der Waals surface area contributed by atoms with E-state index in [2.05, 4.69) is 15.0 Å². The van der Waals surface area contributed by atoms with Gasteiger partial charge in [0.25, 0.3) is 5.56 Å². The topological polar surface area (TPSA) is 119 Å². The molecule has 0 atom stereocenters. The fourth-order valence-corrected chi connectivity index (χ4v) is 1.36. The average molecular weight is 225 g/mol. The highest BCUT2D eigenvalue weighted by Gasteiger charge is 2.08. The minimum Gasteiger partial charge on any atom is -0.371 e. The van der Waals surface area contributed by atoms with Crippen molar-refractivity contribution in [1.29, 1.82) is 0 Å². The smallest absolute Gasteiger partial charge is 0.280 e. The highest BCUT2D eigenvalue weighted by Crippen LogP contribution is 2.05. The number of H-pyrrole nitrogens is 1. The van der Waals surface area contributed by atoms with E-state index in [1.54, 1.807) is 4.57 Å². The number of aromatic nitrogens is 4. The Morgan fingerprint density at radius 3 is 3.19 bits per heavy atom. The van der Waals surface area contributed by atoms with E-state index < -0.39 is 0 Å². The van der Waals surface area contributed by atoms with E-state index in [4.69, 9.17) is 15.6 Å². The number of rotatable bonds is 4. The molecule has 8 nitrogen and oxygen atoms in total. The maximum absolute atomic E-state index is 11.4. The minimum absolute atomic E-state index is 0.0438. The summed E-state index contributed by atoms with van der Waals surface area (Å²) in [7, 11) is 0. The van der Waals surface area contributed by atoms with Crippen LogP contribution in [0.3, 0.4) is 0 Å². The van der Waals surface area contributed by atoms with Crippen LogP contribution in [0.25, 0.3) is 11.2 Å². The van der Waals surface area contributed by atoms with Crippen LogP contribution >= 0.6 is 0 Å². The summed E-state index contributed by atoms with van der Waals surface area (Å²) in [5, 5.41) is 8.46. The lowest BCUT2D eigenvalue weighted by Gasteiger charge is -2.03. The predicted octanol–water partition coefficient (Wildman–Crippen LogP) is -1.33. The molecule has 0 bridgehead atoms. The summed E-state index contributed by atoms with van der Waals surface area (Å²) in [4.78, 5) is 21.7. The number of nitrogen functional groups attached to an aromatic ring is 1. The van der Waals surface area contributed by atoms with Gasteiger partial charge >= 0.3 is 0 Å². The molecule has 86 valence electrons. The number of aromatic amines is 1. The monoisotopic (exact) mass is 225 g/mol. The predicted molar refractivity (Wildman–Crippen MR) is 55.6 cm³/mol. The van der Waals surface area contributed by atoms with Crippen LogP contribution in [0.2, 0.25) is 0 Å². The number of anilines is 1. The van der Waals surface area contributed by atoms with Crippen LogP contribution in [0.15, 0.2) is 11.1 Å². The molecule has 4 N–H and O–H groups in total. The number of aliphatic hydroxyl groups is 1. The van der Waals surface area contributed by atoms with Crippen molar-refractivity contribution >= 4 is 17.1 Å². The quantitative estimate of drug-likeness (QED) is 0.438. The second kappa shape index (κ2) is 4.29. The summed E-state index contributed by atoms with van der Waals surface area (Å²) in [6, 6.07) is 0. The molecule has 16 heavy (non-hydrogen) atoms. The molecule has 0 aliphatic rings. The van der Waals surface area contributed by atoms with E-state index in [1.165, 1.54) is 6.33 Å². The Hall–Kier alpha value is -1.93. The largest absolute Gasteiger partial charge is 0.371 e. The normalized spacial score (nSPS) is 11.1. The van der Waals surface area contributed by atoms with Gasteiger partial charge in [0.05, 0.1) is 12.9 Å². The summed E-state index contributed by atoms with van der Waals surface area (Å²) in [6.07, 6.45) is 1.48. The first-order chi connectivity index (χ1) is 7.72. The molecule has 0 spiro atoms. The van der Waals surface area contributed by atoms with Gasteiger partial charge in [-0.25, -0.2) is 4.98 Å². The molecular formula is C8H11N5O3. The molecule has 0 saturated carbocycles. The number of aliphatic hydroxyl groups excluding tert-OH is 1. The van der Waals surface area contributed by atoms with Crippen molar-refractivity contribution in [2.24, 2.45) is 0 Å². The van der Waals surface area contributed by atoms with Gasteiger partial charge < -0.3 is 20.1 Å². The van der Waals surface area contributed by atoms with E-state index in [1.807, 2.05) is 0 Å². The number of hydrogen-bond donors (Lipinski definition) is 3. The molecule has 0 saturated heterocycles. The van der Waals surface area contributed by atoms with Crippen LogP contribution in [-0.2, 0) is 11.3 Å². The standard InChI is InChI=1S/C8H11N5O3/c9-8-11-6-5(7(15)12-8)10-3-13(6)1-2-16-4-14/h3,14H,1-2,4H2,(H3,9,11,12,15). The molecule has 2 heterocycles. The average Bonchev–Trinajstić information content (AvgIpc) is 2.62. The number of nitrogens with one attached hydrogen (secondary N) is 1. The number of nitrogens with two attached hydrogens (primary N) is 1. The van der Waals surface area contributed by atoms with Gasteiger partial charge in [-0.3, -0.25) is 9.78 Å². The van der Waals surface area contributed by atoms with Gasteiger partial charge in [-0.1, -0.05) is 0 Å². The Kier molecular flexibility index (Phi) is 2.84. The first-order valence-corrected chi connectivity index (χ1v) is 4.61. The van der Waals surface area contributed by atoms with Crippen LogP contribution < -0.4 is 11.3 Å². The van der Waals surface area contributed by atoms with Gasteiger partial charge in [-0.2, -0.15) is 4.98 Å². The van der Waals surface area contributed by atoms with E-state index in [0.29, 0.717) is 18.8 Å². The molecular weight excluding hydrogens is 214 g/mol. The molecule has 0 radical (unpaired) electrons. The molecule has 0 aliphatic heterocycles. The molecule has 0 amide bonds.